The fourth-order valence-electron chi connectivity index (χ4n) is 5.12. The molecule has 2 amide bonds. The Morgan fingerprint density at radius 3 is 2.68 bits per heavy atom. The van der Waals surface area contributed by atoms with Gasteiger partial charge in [0.2, 0.25) is 5.91 Å². The van der Waals surface area contributed by atoms with Crippen molar-refractivity contribution in [3.63, 3.8) is 0 Å². The summed E-state index contributed by atoms with van der Waals surface area (Å²) in [6.07, 6.45) is 7.64. The highest BCUT2D eigenvalue weighted by molar-refractivity contribution is 5.93. The van der Waals surface area contributed by atoms with E-state index in [2.05, 4.69) is 20.1 Å². The summed E-state index contributed by atoms with van der Waals surface area (Å²) in [4.78, 5) is 33.9. The zero-order valence-electron chi connectivity index (χ0n) is 16.6. The third-order valence-corrected chi connectivity index (χ3v) is 6.79. The molecule has 1 atom stereocenters. The van der Waals surface area contributed by atoms with Crippen molar-refractivity contribution in [2.24, 2.45) is 5.41 Å². The van der Waals surface area contributed by atoms with Crippen LogP contribution in [-0.2, 0) is 4.79 Å². The van der Waals surface area contributed by atoms with Gasteiger partial charge in [-0.3, -0.25) is 9.59 Å². The number of hydrogen-bond donors (Lipinski definition) is 2. The number of rotatable bonds is 3. The van der Waals surface area contributed by atoms with Gasteiger partial charge in [0.15, 0.2) is 0 Å². The molecule has 1 spiro atoms. The smallest absolute Gasteiger partial charge is 0.252 e. The van der Waals surface area contributed by atoms with Gasteiger partial charge in [-0.25, -0.2) is 4.98 Å². The van der Waals surface area contributed by atoms with Gasteiger partial charge in [0.25, 0.3) is 5.91 Å². The van der Waals surface area contributed by atoms with E-state index in [1.807, 2.05) is 6.07 Å². The summed E-state index contributed by atoms with van der Waals surface area (Å²) in [6.45, 7) is 2.41. The SMILES string of the molecule is CNC(=O)c1ccc(N2CCC[C@@]3(CCN(C4CCC(O)CC4)C3=O)C2)nc1. The van der Waals surface area contributed by atoms with Crippen LogP contribution in [-0.4, -0.2) is 65.6 Å². The first-order valence-corrected chi connectivity index (χ1v) is 10.4. The van der Waals surface area contributed by atoms with Crippen molar-refractivity contribution in [1.82, 2.24) is 15.2 Å². The maximum atomic E-state index is 13.4. The highest BCUT2D eigenvalue weighted by atomic mass is 16.3. The Labute approximate surface area is 166 Å². The number of aromatic nitrogens is 1. The molecule has 2 N–H and O–H groups in total. The molecule has 1 saturated carbocycles. The van der Waals surface area contributed by atoms with Crippen molar-refractivity contribution < 1.29 is 14.7 Å². The Hall–Kier alpha value is -2.15. The van der Waals surface area contributed by atoms with Crippen LogP contribution in [0.2, 0.25) is 0 Å². The topological polar surface area (TPSA) is 85.8 Å². The van der Waals surface area contributed by atoms with Gasteiger partial charge in [0, 0.05) is 38.9 Å². The molecule has 2 saturated heterocycles. The molecule has 3 heterocycles. The summed E-state index contributed by atoms with van der Waals surface area (Å²) in [6, 6.07) is 3.96. The van der Waals surface area contributed by atoms with Gasteiger partial charge in [-0.05, 0) is 57.1 Å². The van der Waals surface area contributed by atoms with E-state index in [0.29, 0.717) is 18.0 Å². The summed E-state index contributed by atoms with van der Waals surface area (Å²) in [5.74, 6) is 0.979. The van der Waals surface area contributed by atoms with E-state index in [-0.39, 0.29) is 23.5 Å². The van der Waals surface area contributed by atoms with Gasteiger partial charge in [0.1, 0.15) is 5.82 Å². The fraction of sp³-hybridized carbons (Fsp3) is 0.667. The highest BCUT2D eigenvalue weighted by Gasteiger charge is 2.50. The maximum absolute atomic E-state index is 13.4. The molecule has 152 valence electrons. The van der Waals surface area contributed by atoms with E-state index in [1.165, 1.54) is 0 Å². The van der Waals surface area contributed by atoms with Gasteiger partial charge >= 0.3 is 0 Å². The van der Waals surface area contributed by atoms with Gasteiger partial charge in [-0.2, -0.15) is 0 Å². The van der Waals surface area contributed by atoms with Crippen molar-refractivity contribution in [2.45, 2.75) is 57.1 Å². The number of anilines is 1. The number of amides is 2. The van der Waals surface area contributed by atoms with Gasteiger partial charge < -0.3 is 20.2 Å². The zero-order chi connectivity index (χ0) is 19.7. The zero-order valence-corrected chi connectivity index (χ0v) is 16.6. The molecule has 3 aliphatic rings. The normalized spacial score (nSPS) is 30.7. The van der Waals surface area contributed by atoms with Crippen LogP contribution in [0.15, 0.2) is 18.3 Å². The molecule has 3 fully saturated rings. The molecule has 0 unspecified atom stereocenters. The largest absolute Gasteiger partial charge is 0.393 e. The first-order chi connectivity index (χ1) is 13.5. The Bertz CT molecular complexity index is 730. The molecule has 4 rings (SSSR count). The predicted octanol–water partition coefficient (Wildman–Crippen LogP) is 1.56. The van der Waals surface area contributed by atoms with E-state index in [1.54, 1.807) is 19.3 Å². The summed E-state index contributed by atoms with van der Waals surface area (Å²) in [5, 5.41) is 12.4. The van der Waals surface area contributed by atoms with Gasteiger partial charge in [-0.15, -0.1) is 0 Å². The summed E-state index contributed by atoms with van der Waals surface area (Å²) in [5.41, 5.74) is 0.232. The van der Waals surface area contributed by atoms with Gasteiger partial charge in [0.05, 0.1) is 17.1 Å². The molecule has 1 aliphatic carbocycles. The quantitative estimate of drug-likeness (QED) is 0.824. The number of carbonyl (C=O) groups is 2. The molecule has 1 aromatic rings. The summed E-state index contributed by atoms with van der Waals surface area (Å²) < 4.78 is 0. The molecule has 0 bridgehead atoms. The molecule has 0 aromatic carbocycles. The van der Waals surface area contributed by atoms with E-state index < -0.39 is 0 Å². The average molecular weight is 386 g/mol. The number of aliphatic hydroxyl groups is 1. The van der Waals surface area contributed by atoms with Crippen molar-refractivity contribution >= 4 is 17.6 Å². The molecule has 7 nitrogen and oxygen atoms in total. The fourth-order valence-corrected chi connectivity index (χ4v) is 5.12. The Morgan fingerprint density at radius 2 is 2.00 bits per heavy atom. The van der Waals surface area contributed by atoms with Crippen LogP contribution in [0.4, 0.5) is 5.82 Å². The number of piperidine rings is 1. The van der Waals surface area contributed by atoms with Crippen molar-refractivity contribution in [2.75, 3.05) is 31.6 Å². The average Bonchev–Trinajstić information content (AvgIpc) is 3.04. The minimum absolute atomic E-state index is 0.145. The second-order valence-electron chi connectivity index (χ2n) is 8.50. The molecule has 0 radical (unpaired) electrons. The first kappa shape index (κ1) is 19.2. The number of carbonyl (C=O) groups excluding carboxylic acids is 2. The summed E-state index contributed by atoms with van der Waals surface area (Å²) >= 11 is 0. The number of likely N-dealkylation sites (tertiary alicyclic amines) is 1. The lowest BCUT2D eigenvalue weighted by Gasteiger charge is -2.41. The van der Waals surface area contributed by atoms with Crippen LogP contribution in [0.1, 0.15) is 55.3 Å². The van der Waals surface area contributed by atoms with Crippen LogP contribution in [0.5, 0.6) is 0 Å². The molecule has 1 aromatic heterocycles. The second-order valence-corrected chi connectivity index (χ2v) is 8.50. The maximum Gasteiger partial charge on any atom is 0.252 e. The van der Waals surface area contributed by atoms with E-state index in [9.17, 15) is 14.7 Å². The number of aliphatic hydroxyl groups excluding tert-OH is 1. The minimum atomic E-state index is -0.310. The monoisotopic (exact) mass is 386 g/mol. The van der Waals surface area contributed by atoms with E-state index in [0.717, 1.165) is 63.9 Å². The lowest BCUT2D eigenvalue weighted by molar-refractivity contribution is -0.139. The first-order valence-electron chi connectivity index (χ1n) is 10.4. The lowest BCUT2D eigenvalue weighted by Crippen LogP contribution is -2.50. The van der Waals surface area contributed by atoms with Crippen LogP contribution in [0, 0.1) is 5.41 Å². The summed E-state index contributed by atoms with van der Waals surface area (Å²) in [7, 11) is 1.61. The van der Waals surface area contributed by atoms with E-state index in [4.69, 9.17) is 0 Å². The molecule has 2 aliphatic heterocycles. The molecular formula is C21H30N4O3. The number of nitrogens with one attached hydrogen (secondary N) is 1. The predicted molar refractivity (Wildman–Crippen MR) is 106 cm³/mol. The van der Waals surface area contributed by atoms with Crippen molar-refractivity contribution in [3.05, 3.63) is 23.9 Å². The molecule has 7 heteroatoms. The standard InChI is InChI=1S/C21H30N4O3/c1-22-19(27)15-3-8-18(23-13-15)24-11-2-9-21(14-24)10-12-25(20(21)28)16-4-6-17(26)7-5-16/h3,8,13,16-17,26H,2,4-7,9-12,14H2,1H3,(H,22,27)/t16?,17?,21-/m1/s1. The Kier molecular flexibility index (Phi) is 5.27. The van der Waals surface area contributed by atoms with Gasteiger partial charge in [-0.1, -0.05) is 0 Å². The third kappa shape index (κ3) is 3.48. The van der Waals surface area contributed by atoms with Crippen molar-refractivity contribution in [1.29, 1.82) is 0 Å². The van der Waals surface area contributed by atoms with Crippen LogP contribution in [0.3, 0.4) is 0 Å². The van der Waals surface area contributed by atoms with Crippen LogP contribution < -0.4 is 10.2 Å². The van der Waals surface area contributed by atoms with Crippen molar-refractivity contribution in [3.8, 4) is 0 Å². The number of pyridine rings is 1. The number of nitrogens with zero attached hydrogens (tertiary/aromatic N) is 3. The number of hydrogen-bond acceptors (Lipinski definition) is 5. The Balaban J connectivity index is 1.46. The second kappa shape index (κ2) is 7.70. The Morgan fingerprint density at radius 1 is 1.21 bits per heavy atom. The highest BCUT2D eigenvalue weighted by Crippen LogP contribution is 2.43. The third-order valence-electron chi connectivity index (χ3n) is 6.79. The lowest BCUT2D eigenvalue weighted by atomic mass is 9.78. The minimum Gasteiger partial charge on any atom is -0.393 e. The van der Waals surface area contributed by atoms with Crippen LogP contribution >= 0.6 is 0 Å². The molecule has 28 heavy (non-hydrogen) atoms. The van der Waals surface area contributed by atoms with E-state index >= 15 is 0 Å². The van der Waals surface area contributed by atoms with Crippen LogP contribution in [0.25, 0.3) is 0 Å². The molecular weight excluding hydrogens is 356 g/mol.